The molecule has 1 N–H and O–H groups in total. The van der Waals surface area contributed by atoms with Crippen molar-refractivity contribution in [3.8, 4) is 11.6 Å². The van der Waals surface area contributed by atoms with Gasteiger partial charge in [0.1, 0.15) is 0 Å². The molecule has 0 spiro atoms. The average Bonchev–Trinajstić information content (AvgIpc) is 2.94. The Labute approximate surface area is 93.8 Å². The van der Waals surface area contributed by atoms with E-state index >= 15 is 0 Å². The van der Waals surface area contributed by atoms with Crippen LogP contribution in [0.1, 0.15) is 32.2 Å². The summed E-state index contributed by atoms with van der Waals surface area (Å²) >= 11 is 0. The highest BCUT2D eigenvalue weighted by Gasteiger charge is 2.15. The lowest BCUT2D eigenvalue weighted by molar-refractivity contribution is 0.339. The molecule has 0 fully saturated rings. The second kappa shape index (κ2) is 4.94. The first-order chi connectivity index (χ1) is 7.81. The fourth-order valence-corrected chi connectivity index (χ4v) is 1.37. The SMILES string of the molecule is CCCNC(C)c1nc(-c2ccco2)no1. The zero-order chi connectivity index (χ0) is 11.4. The predicted octanol–water partition coefficient (Wildman–Crippen LogP) is 2.39. The van der Waals surface area contributed by atoms with E-state index < -0.39 is 0 Å². The first kappa shape index (κ1) is 10.9. The monoisotopic (exact) mass is 221 g/mol. The first-order valence-electron chi connectivity index (χ1n) is 5.42. The molecule has 0 bridgehead atoms. The van der Waals surface area contributed by atoms with Crippen molar-refractivity contribution in [1.29, 1.82) is 0 Å². The quantitative estimate of drug-likeness (QED) is 0.839. The Morgan fingerprint density at radius 1 is 1.50 bits per heavy atom. The van der Waals surface area contributed by atoms with Gasteiger partial charge in [0.15, 0.2) is 5.76 Å². The van der Waals surface area contributed by atoms with Crippen LogP contribution < -0.4 is 5.32 Å². The van der Waals surface area contributed by atoms with Crippen LogP contribution in [0.2, 0.25) is 0 Å². The van der Waals surface area contributed by atoms with Gasteiger partial charge in [-0.05, 0) is 32.0 Å². The molecule has 0 aliphatic heterocycles. The summed E-state index contributed by atoms with van der Waals surface area (Å²) < 4.78 is 10.4. The molecule has 1 atom stereocenters. The Bertz CT molecular complexity index is 422. The second-order valence-corrected chi connectivity index (χ2v) is 3.61. The standard InChI is InChI=1S/C11H15N3O2/c1-3-6-12-8(2)11-13-10(14-16-11)9-5-4-7-15-9/h4-5,7-8,12H,3,6H2,1-2H3. The maximum Gasteiger partial charge on any atom is 0.243 e. The maximum atomic E-state index is 5.19. The third-order valence-electron chi connectivity index (χ3n) is 2.25. The molecular formula is C11H15N3O2. The molecule has 2 aromatic rings. The van der Waals surface area contributed by atoms with Crippen molar-refractivity contribution < 1.29 is 8.94 Å². The van der Waals surface area contributed by atoms with Gasteiger partial charge >= 0.3 is 0 Å². The van der Waals surface area contributed by atoms with Gasteiger partial charge in [0.05, 0.1) is 12.3 Å². The molecule has 2 heterocycles. The van der Waals surface area contributed by atoms with Crippen molar-refractivity contribution >= 4 is 0 Å². The number of furan rings is 1. The highest BCUT2D eigenvalue weighted by atomic mass is 16.5. The fourth-order valence-electron chi connectivity index (χ4n) is 1.37. The molecule has 0 radical (unpaired) electrons. The molecule has 0 amide bonds. The van der Waals surface area contributed by atoms with Crippen molar-refractivity contribution in [3.63, 3.8) is 0 Å². The minimum absolute atomic E-state index is 0.0659. The number of nitrogens with one attached hydrogen (secondary N) is 1. The van der Waals surface area contributed by atoms with Crippen LogP contribution in [0.25, 0.3) is 11.6 Å². The first-order valence-corrected chi connectivity index (χ1v) is 5.42. The molecule has 86 valence electrons. The predicted molar refractivity (Wildman–Crippen MR) is 58.7 cm³/mol. The maximum absolute atomic E-state index is 5.19. The number of hydrogen-bond acceptors (Lipinski definition) is 5. The molecular weight excluding hydrogens is 206 g/mol. The van der Waals surface area contributed by atoms with E-state index in [-0.39, 0.29) is 6.04 Å². The lowest BCUT2D eigenvalue weighted by Crippen LogP contribution is -2.19. The van der Waals surface area contributed by atoms with Crippen LogP contribution in [0, 0.1) is 0 Å². The summed E-state index contributed by atoms with van der Waals surface area (Å²) in [5, 5.41) is 7.15. The van der Waals surface area contributed by atoms with E-state index in [1.54, 1.807) is 18.4 Å². The van der Waals surface area contributed by atoms with Crippen LogP contribution in [0.15, 0.2) is 27.3 Å². The van der Waals surface area contributed by atoms with Crippen LogP contribution in [0.3, 0.4) is 0 Å². The molecule has 1 unspecified atom stereocenters. The van der Waals surface area contributed by atoms with E-state index in [1.165, 1.54) is 0 Å². The van der Waals surface area contributed by atoms with Crippen LogP contribution in [-0.4, -0.2) is 16.7 Å². The zero-order valence-corrected chi connectivity index (χ0v) is 9.43. The number of rotatable bonds is 5. The summed E-state index contributed by atoms with van der Waals surface area (Å²) in [6.45, 7) is 5.04. The zero-order valence-electron chi connectivity index (χ0n) is 9.43. The molecule has 0 aliphatic carbocycles. The van der Waals surface area contributed by atoms with E-state index in [4.69, 9.17) is 8.94 Å². The van der Waals surface area contributed by atoms with Crippen LogP contribution in [0.4, 0.5) is 0 Å². The van der Waals surface area contributed by atoms with Crippen molar-refractivity contribution in [2.45, 2.75) is 26.3 Å². The normalized spacial score (nSPS) is 12.9. The van der Waals surface area contributed by atoms with Crippen molar-refractivity contribution in [3.05, 3.63) is 24.3 Å². The van der Waals surface area contributed by atoms with Gasteiger partial charge in [0.2, 0.25) is 11.7 Å². The minimum atomic E-state index is 0.0659. The third kappa shape index (κ3) is 2.30. The van der Waals surface area contributed by atoms with Crippen LogP contribution in [0.5, 0.6) is 0 Å². The largest absolute Gasteiger partial charge is 0.461 e. The highest BCUT2D eigenvalue weighted by Crippen LogP contribution is 2.18. The van der Waals surface area contributed by atoms with Crippen LogP contribution in [-0.2, 0) is 0 Å². The van der Waals surface area contributed by atoms with E-state index in [1.807, 2.05) is 6.92 Å². The second-order valence-electron chi connectivity index (χ2n) is 3.61. The van der Waals surface area contributed by atoms with Gasteiger partial charge in [-0.2, -0.15) is 4.98 Å². The molecule has 0 aromatic carbocycles. The molecule has 0 aliphatic rings. The summed E-state index contributed by atoms with van der Waals surface area (Å²) in [5.74, 6) is 1.70. The lowest BCUT2D eigenvalue weighted by atomic mass is 10.3. The average molecular weight is 221 g/mol. The summed E-state index contributed by atoms with van der Waals surface area (Å²) in [4.78, 5) is 4.27. The van der Waals surface area contributed by atoms with E-state index in [0.717, 1.165) is 13.0 Å². The number of aromatic nitrogens is 2. The molecule has 2 aromatic heterocycles. The minimum Gasteiger partial charge on any atom is -0.461 e. The molecule has 0 saturated carbocycles. The fraction of sp³-hybridized carbons (Fsp3) is 0.455. The van der Waals surface area contributed by atoms with Crippen molar-refractivity contribution in [2.24, 2.45) is 0 Å². The summed E-state index contributed by atoms with van der Waals surface area (Å²) in [6, 6.07) is 3.67. The summed E-state index contributed by atoms with van der Waals surface area (Å²) in [6.07, 6.45) is 2.66. The molecule has 16 heavy (non-hydrogen) atoms. The van der Waals surface area contributed by atoms with Gasteiger partial charge in [-0.1, -0.05) is 12.1 Å². The third-order valence-corrected chi connectivity index (χ3v) is 2.25. The molecule has 5 heteroatoms. The summed E-state index contributed by atoms with van der Waals surface area (Å²) in [7, 11) is 0. The Hall–Kier alpha value is -1.62. The Kier molecular flexibility index (Phi) is 3.36. The van der Waals surface area contributed by atoms with Crippen molar-refractivity contribution in [2.75, 3.05) is 6.54 Å². The van der Waals surface area contributed by atoms with Gasteiger partial charge in [-0.25, -0.2) is 0 Å². The van der Waals surface area contributed by atoms with E-state index in [2.05, 4.69) is 22.4 Å². The van der Waals surface area contributed by atoms with Crippen LogP contribution >= 0.6 is 0 Å². The van der Waals surface area contributed by atoms with Crippen molar-refractivity contribution in [1.82, 2.24) is 15.5 Å². The Balaban J connectivity index is 2.07. The number of nitrogens with zero attached hydrogens (tertiary/aromatic N) is 2. The molecule has 2 rings (SSSR count). The molecule has 5 nitrogen and oxygen atoms in total. The van der Waals surface area contributed by atoms with Gasteiger partial charge < -0.3 is 14.3 Å². The highest BCUT2D eigenvalue weighted by molar-refractivity contribution is 5.44. The Morgan fingerprint density at radius 3 is 3.06 bits per heavy atom. The number of hydrogen-bond donors (Lipinski definition) is 1. The topological polar surface area (TPSA) is 64.1 Å². The summed E-state index contributed by atoms with van der Waals surface area (Å²) in [5.41, 5.74) is 0. The Morgan fingerprint density at radius 2 is 2.38 bits per heavy atom. The van der Waals surface area contributed by atoms with Gasteiger partial charge in [0.25, 0.3) is 0 Å². The van der Waals surface area contributed by atoms with E-state index in [0.29, 0.717) is 17.5 Å². The lowest BCUT2D eigenvalue weighted by Gasteiger charge is -2.06. The molecule has 0 saturated heterocycles. The smallest absolute Gasteiger partial charge is 0.243 e. The van der Waals surface area contributed by atoms with Gasteiger partial charge in [0, 0.05) is 0 Å². The van der Waals surface area contributed by atoms with E-state index in [9.17, 15) is 0 Å². The van der Waals surface area contributed by atoms with Gasteiger partial charge in [-0.15, -0.1) is 0 Å². The van der Waals surface area contributed by atoms with Gasteiger partial charge in [-0.3, -0.25) is 0 Å².